The number of para-hydroxylation sites is 2. The molecule has 0 unspecified atom stereocenters. The van der Waals surface area contributed by atoms with Crippen molar-refractivity contribution < 1.29 is 14.3 Å². The van der Waals surface area contributed by atoms with Crippen molar-refractivity contribution in [1.29, 1.82) is 0 Å². The highest BCUT2D eigenvalue weighted by molar-refractivity contribution is 6.04. The second kappa shape index (κ2) is 5.51. The lowest BCUT2D eigenvalue weighted by molar-refractivity contribution is -0.123. The molecule has 114 valence electrons. The van der Waals surface area contributed by atoms with Crippen LogP contribution in [-0.4, -0.2) is 34.7 Å². The van der Waals surface area contributed by atoms with Crippen molar-refractivity contribution >= 4 is 23.3 Å². The molecule has 1 aromatic heterocycles. The number of fused-ring (bicyclic) bond motifs is 1. The SMILES string of the molecule is Cc1cc(NC(=O)CN2C(=O)COc3ccccc32)n(C)n1. The number of hydrogen-bond acceptors (Lipinski definition) is 4. The van der Waals surface area contributed by atoms with Gasteiger partial charge in [0.25, 0.3) is 5.91 Å². The highest BCUT2D eigenvalue weighted by Gasteiger charge is 2.27. The van der Waals surface area contributed by atoms with Gasteiger partial charge in [-0.05, 0) is 19.1 Å². The first-order chi connectivity index (χ1) is 10.5. The Morgan fingerprint density at radius 1 is 1.41 bits per heavy atom. The maximum absolute atomic E-state index is 12.2. The van der Waals surface area contributed by atoms with Gasteiger partial charge in [-0.3, -0.25) is 19.2 Å². The third-order valence-electron chi connectivity index (χ3n) is 3.38. The molecule has 0 spiro atoms. The molecule has 1 aromatic carbocycles. The minimum absolute atomic E-state index is 0.0604. The van der Waals surface area contributed by atoms with Crippen molar-refractivity contribution in [3.05, 3.63) is 36.0 Å². The second-order valence-corrected chi connectivity index (χ2v) is 5.08. The fraction of sp³-hybridized carbons (Fsp3) is 0.267. The minimum atomic E-state index is -0.284. The number of hydrogen-bond donors (Lipinski definition) is 1. The Labute approximate surface area is 127 Å². The Morgan fingerprint density at radius 2 is 2.18 bits per heavy atom. The van der Waals surface area contributed by atoms with E-state index in [2.05, 4.69) is 10.4 Å². The van der Waals surface area contributed by atoms with Crippen LogP contribution in [0.15, 0.2) is 30.3 Å². The van der Waals surface area contributed by atoms with Crippen LogP contribution < -0.4 is 15.0 Å². The predicted molar refractivity (Wildman–Crippen MR) is 80.9 cm³/mol. The molecule has 22 heavy (non-hydrogen) atoms. The molecule has 0 saturated heterocycles. The molecule has 0 bridgehead atoms. The number of anilines is 2. The Hall–Kier alpha value is -2.83. The van der Waals surface area contributed by atoms with Crippen LogP contribution in [-0.2, 0) is 16.6 Å². The number of amides is 2. The molecule has 7 heteroatoms. The fourth-order valence-corrected chi connectivity index (χ4v) is 2.38. The van der Waals surface area contributed by atoms with Crippen LogP contribution in [0.25, 0.3) is 0 Å². The smallest absolute Gasteiger partial charge is 0.265 e. The number of nitrogens with zero attached hydrogens (tertiary/aromatic N) is 3. The van der Waals surface area contributed by atoms with E-state index in [4.69, 9.17) is 4.74 Å². The van der Waals surface area contributed by atoms with E-state index in [0.29, 0.717) is 17.3 Å². The maximum atomic E-state index is 12.2. The van der Waals surface area contributed by atoms with E-state index < -0.39 is 0 Å². The van der Waals surface area contributed by atoms with Crippen LogP contribution in [0.3, 0.4) is 0 Å². The molecule has 1 aliphatic heterocycles. The van der Waals surface area contributed by atoms with Crippen molar-refractivity contribution in [2.45, 2.75) is 6.92 Å². The summed E-state index contributed by atoms with van der Waals surface area (Å²) < 4.78 is 6.94. The zero-order valence-electron chi connectivity index (χ0n) is 12.4. The van der Waals surface area contributed by atoms with Crippen molar-refractivity contribution in [2.75, 3.05) is 23.4 Å². The summed E-state index contributed by atoms with van der Waals surface area (Å²) in [6, 6.07) is 8.93. The van der Waals surface area contributed by atoms with Gasteiger partial charge in [-0.1, -0.05) is 12.1 Å². The predicted octanol–water partition coefficient (Wildman–Crippen LogP) is 1.09. The number of ether oxygens (including phenoxy) is 1. The van der Waals surface area contributed by atoms with Crippen LogP contribution in [0.5, 0.6) is 5.75 Å². The third kappa shape index (κ3) is 2.65. The van der Waals surface area contributed by atoms with Crippen LogP contribution >= 0.6 is 0 Å². The van der Waals surface area contributed by atoms with Crippen molar-refractivity contribution in [3.8, 4) is 5.75 Å². The van der Waals surface area contributed by atoms with Gasteiger partial charge in [0, 0.05) is 13.1 Å². The first-order valence-electron chi connectivity index (χ1n) is 6.87. The molecule has 1 N–H and O–H groups in total. The maximum Gasteiger partial charge on any atom is 0.265 e. The Kier molecular flexibility index (Phi) is 3.54. The average Bonchev–Trinajstić information content (AvgIpc) is 2.80. The summed E-state index contributed by atoms with van der Waals surface area (Å²) in [5, 5.41) is 6.92. The van der Waals surface area contributed by atoms with Crippen molar-refractivity contribution in [1.82, 2.24) is 9.78 Å². The molecule has 0 fully saturated rings. The quantitative estimate of drug-likeness (QED) is 0.920. The number of carbonyl (C=O) groups excluding carboxylic acids is 2. The summed E-state index contributed by atoms with van der Waals surface area (Å²) >= 11 is 0. The van der Waals surface area contributed by atoms with E-state index >= 15 is 0 Å². The number of aryl methyl sites for hydroxylation is 2. The normalized spacial score (nSPS) is 13.5. The Bertz CT molecular complexity index is 738. The van der Waals surface area contributed by atoms with Gasteiger partial charge in [-0.2, -0.15) is 5.10 Å². The summed E-state index contributed by atoms with van der Waals surface area (Å²) in [4.78, 5) is 25.7. The fourth-order valence-electron chi connectivity index (χ4n) is 2.38. The zero-order chi connectivity index (χ0) is 15.7. The molecule has 2 heterocycles. The number of nitrogens with one attached hydrogen (secondary N) is 1. The Morgan fingerprint density at radius 3 is 2.91 bits per heavy atom. The summed E-state index contributed by atoms with van der Waals surface area (Å²) in [5.74, 6) is 0.672. The van der Waals surface area contributed by atoms with Gasteiger partial charge in [0.1, 0.15) is 18.1 Å². The number of carbonyl (C=O) groups is 2. The van der Waals surface area contributed by atoms with E-state index in [1.165, 1.54) is 4.90 Å². The van der Waals surface area contributed by atoms with Gasteiger partial charge in [-0.15, -0.1) is 0 Å². The zero-order valence-corrected chi connectivity index (χ0v) is 12.4. The van der Waals surface area contributed by atoms with Crippen molar-refractivity contribution in [3.63, 3.8) is 0 Å². The molecule has 0 aliphatic carbocycles. The van der Waals surface area contributed by atoms with Crippen molar-refractivity contribution in [2.24, 2.45) is 7.05 Å². The monoisotopic (exact) mass is 300 g/mol. The second-order valence-electron chi connectivity index (χ2n) is 5.08. The highest BCUT2D eigenvalue weighted by Crippen LogP contribution is 2.31. The minimum Gasteiger partial charge on any atom is -0.482 e. The lowest BCUT2D eigenvalue weighted by Gasteiger charge is -2.28. The van der Waals surface area contributed by atoms with Crippen LogP contribution in [0, 0.1) is 6.92 Å². The summed E-state index contributed by atoms with van der Waals surface area (Å²) in [5.41, 5.74) is 1.42. The molecule has 7 nitrogen and oxygen atoms in total. The number of rotatable bonds is 3. The lowest BCUT2D eigenvalue weighted by Crippen LogP contribution is -2.43. The molecular weight excluding hydrogens is 284 g/mol. The standard InChI is InChI=1S/C15H16N4O3/c1-10-7-13(18(2)17-10)16-14(20)8-19-11-5-3-4-6-12(11)22-9-15(19)21/h3-7H,8-9H2,1-2H3,(H,16,20). The lowest BCUT2D eigenvalue weighted by atomic mass is 10.2. The largest absolute Gasteiger partial charge is 0.482 e. The average molecular weight is 300 g/mol. The molecule has 0 saturated carbocycles. The van der Waals surface area contributed by atoms with Gasteiger partial charge in [-0.25, -0.2) is 0 Å². The summed E-state index contributed by atoms with van der Waals surface area (Å²) in [7, 11) is 1.75. The van der Waals surface area contributed by atoms with E-state index in [-0.39, 0.29) is 25.0 Å². The molecular formula is C15H16N4O3. The number of benzene rings is 1. The van der Waals surface area contributed by atoms with E-state index in [9.17, 15) is 9.59 Å². The molecule has 0 radical (unpaired) electrons. The third-order valence-corrected chi connectivity index (χ3v) is 3.38. The van der Waals surface area contributed by atoms with E-state index in [1.807, 2.05) is 13.0 Å². The van der Waals surface area contributed by atoms with Gasteiger partial charge < -0.3 is 10.1 Å². The van der Waals surface area contributed by atoms with Gasteiger partial charge >= 0.3 is 0 Å². The van der Waals surface area contributed by atoms with Crippen LogP contribution in [0.4, 0.5) is 11.5 Å². The molecule has 3 rings (SSSR count). The van der Waals surface area contributed by atoms with Gasteiger partial charge in [0.2, 0.25) is 5.91 Å². The van der Waals surface area contributed by atoms with Gasteiger partial charge in [0.15, 0.2) is 6.61 Å². The Balaban J connectivity index is 1.76. The topological polar surface area (TPSA) is 76.5 Å². The van der Waals surface area contributed by atoms with E-state index in [1.54, 1.807) is 36.0 Å². The van der Waals surface area contributed by atoms with E-state index in [0.717, 1.165) is 5.69 Å². The first-order valence-corrected chi connectivity index (χ1v) is 6.87. The van der Waals surface area contributed by atoms with Crippen LogP contribution in [0.1, 0.15) is 5.69 Å². The first kappa shape index (κ1) is 14.1. The highest BCUT2D eigenvalue weighted by atomic mass is 16.5. The summed E-state index contributed by atoms with van der Waals surface area (Å²) in [6.45, 7) is 1.72. The van der Waals surface area contributed by atoms with Gasteiger partial charge in [0.05, 0.1) is 11.4 Å². The van der Waals surface area contributed by atoms with Crippen LogP contribution in [0.2, 0.25) is 0 Å². The summed E-state index contributed by atoms with van der Waals surface area (Å²) in [6.07, 6.45) is 0. The molecule has 2 amide bonds. The molecule has 2 aromatic rings. The molecule has 0 atom stereocenters. The molecule has 1 aliphatic rings. The number of aromatic nitrogens is 2.